The number of sulfonamides is 1. The van der Waals surface area contributed by atoms with Crippen LogP contribution in [0, 0.1) is 0 Å². The molecule has 5 nitrogen and oxygen atoms in total. The van der Waals surface area contributed by atoms with Crippen molar-refractivity contribution in [1.29, 1.82) is 0 Å². The molecule has 4 rings (SSSR count). The van der Waals surface area contributed by atoms with E-state index in [4.69, 9.17) is 5.14 Å². The van der Waals surface area contributed by atoms with Gasteiger partial charge in [-0.15, -0.1) is 0 Å². The highest BCUT2D eigenvalue weighted by Crippen LogP contribution is 2.34. The van der Waals surface area contributed by atoms with Crippen LogP contribution in [0.25, 0.3) is 0 Å². The lowest BCUT2D eigenvalue weighted by Gasteiger charge is -2.23. The monoisotopic (exact) mass is 406 g/mol. The van der Waals surface area contributed by atoms with E-state index in [0.717, 1.165) is 16.7 Å². The second kappa shape index (κ2) is 7.81. The first kappa shape index (κ1) is 19.4. The lowest BCUT2D eigenvalue weighted by Crippen LogP contribution is -2.30. The van der Waals surface area contributed by atoms with Crippen LogP contribution in [0.15, 0.2) is 83.8 Å². The number of hydrogen-bond acceptors (Lipinski definition) is 3. The summed E-state index contributed by atoms with van der Waals surface area (Å²) < 4.78 is 23.5. The molecular formula is C23H22N2O3S. The molecule has 0 radical (unpaired) electrons. The van der Waals surface area contributed by atoms with Gasteiger partial charge in [0, 0.05) is 24.6 Å². The second-order valence-corrected chi connectivity index (χ2v) is 8.77. The molecule has 29 heavy (non-hydrogen) atoms. The molecule has 2 N–H and O–H groups in total. The molecule has 1 heterocycles. The van der Waals surface area contributed by atoms with Crippen LogP contribution in [0.4, 0.5) is 5.69 Å². The first-order valence-corrected chi connectivity index (χ1v) is 11.0. The highest BCUT2D eigenvalue weighted by Gasteiger charge is 2.28. The fraction of sp³-hybridized carbons (Fsp3) is 0.174. The standard InChI is InChI=1S/C23H22N2O3S/c24-29(27,28)20-12-11-19-13-14-25(22(19)15-20)23(26)16-21(17-7-3-1-4-8-17)18-9-5-2-6-10-18/h1-12,15,21H,13-14,16H2,(H2,24,27,28). The Hall–Kier alpha value is -2.96. The fourth-order valence-corrected chi connectivity index (χ4v) is 4.41. The summed E-state index contributed by atoms with van der Waals surface area (Å²) in [5.74, 6) is -0.108. The molecule has 1 amide bonds. The summed E-state index contributed by atoms with van der Waals surface area (Å²) in [7, 11) is -3.82. The van der Waals surface area contributed by atoms with Crippen molar-refractivity contribution in [3.05, 3.63) is 95.6 Å². The number of anilines is 1. The van der Waals surface area contributed by atoms with E-state index < -0.39 is 10.0 Å². The maximum Gasteiger partial charge on any atom is 0.238 e. The molecule has 0 aromatic heterocycles. The molecule has 0 unspecified atom stereocenters. The molecule has 6 heteroatoms. The third-order valence-electron chi connectivity index (χ3n) is 5.36. The topological polar surface area (TPSA) is 80.5 Å². The summed E-state index contributed by atoms with van der Waals surface area (Å²) in [6, 6.07) is 24.7. The van der Waals surface area contributed by atoms with E-state index in [2.05, 4.69) is 0 Å². The molecular weight excluding hydrogens is 384 g/mol. The molecule has 0 saturated carbocycles. The number of amides is 1. The van der Waals surface area contributed by atoms with Gasteiger partial charge >= 0.3 is 0 Å². The molecule has 0 bridgehead atoms. The van der Waals surface area contributed by atoms with Gasteiger partial charge in [0.25, 0.3) is 0 Å². The van der Waals surface area contributed by atoms with Crippen molar-refractivity contribution in [3.63, 3.8) is 0 Å². The van der Waals surface area contributed by atoms with E-state index in [-0.39, 0.29) is 16.7 Å². The van der Waals surface area contributed by atoms with Crippen molar-refractivity contribution in [3.8, 4) is 0 Å². The summed E-state index contributed by atoms with van der Waals surface area (Å²) in [6.45, 7) is 0.540. The Balaban J connectivity index is 1.65. The second-order valence-electron chi connectivity index (χ2n) is 7.21. The number of nitrogens with two attached hydrogens (primary N) is 1. The van der Waals surface area contributed by atoms with E-state index in [9.17, 15) is 13.2 Å². The van der Waals surface area contributed by atoms with Crippen LogP contribution in [0.1, 0.15) is 29.0 Å². The van der Waals surface area contributed by atoms with Gasteiger partial charge in [-0.2, -0.15) is 0 Å². The SMILES string of the molecule is NS(=O)(=O)c1ccc2c(c1)N(C(=O)CC(c1ccccc1)c1ccccc1)CC2. The largest absolute Gasteiger partial charge is 0.312 e. The highest BCUT2D eigenvalue weighted by atomic mass is 32.2. The third-order valence-corrected chi connectivity index (χ3v) is 6.28. The third kappa shape index (κ3) is 4.09. The first-order chi connectivity index (χ1) is 13.9. The Morgan fingerprint density at radius 1 is 0.931 bits per heavy atom. The Bertz CT molecular complexity index is 1090. The van der Waals surface area contributed by atoms with Crippen LogP contribution in [0.3, 0.4) is 0 Å². The number of rotatable bonds is 5. The van der Waals surface area contributed by atoms with Crippen LogP contribution in [0.5, 0.6) is 0 Å². The van der Waals surface area contributed by atoms with E-state index in [0.29, 0.717) is 25.1 Å². The van der Waals surface area contributed by atoms with Crippen molar-refractivity contribution in [1.82, 2.24) is 0 Å². The van der Waals surface area contributed by atoms with Gasteiger partial charge in [0.1, 0.15) is 0 Å². The molecule has 0 aliphatic carbocycles. The number of benzene rings is 3. The minimum atomic E-state index is -3.82. The maximum absolute atomic E-state index is 13.3. The van der Waals surface area contributed by atoms with Crippen molar-refractivity contribution in [2.75, 3.05) is 11.4 Å². The van der Waals surface area contributed by atoms with Crippen LogP contribution >= 0.6 is 0 Å². The average molecular weight is 407 g/mol. The van der Waals surface area contributed by atoms with Crippen molar-refractivity contribution in [2.45, 2.75) is 23.7 Å². The smallest absolute Gasteiger partial charge is 0.238 e. The molecule has 3 aromatic rings. The zero-order valence-corrected chi connectivity index (χ0v) is 16.7. The van der Waals surface area contributed by atoms with Gasteiger partial charge < -0.3 is 4.90 Å². The zero-order valence-electron chi connectivity index (χ0n) is 15.9. The first-order valence-electron chi connectivity index (χ1n) is 9.49. The zero-order chi connectivity index (χ0) is 20.4. The molecule has 1 aliphatic rings. The van der Waals surface area contributed by atoms with Gasteiger partial charge in [-0.05, 0) is 35.2 Å². The number of carbonyl (C=O) groups is 1. The van der Waals surface area contributed by atoms with Gasteiger partial charge in [-0.1, -0.05) is 66.7 Å². The Labute approximate surface area is 170 Å². The molecule has 3 aromatic carbocycles. The molecule has 1 aliphatic heterocycles. The summed E-state index contributed by atoms with van der Waals surface area (Å²) >= 11 is 0. The Morgan fingerprint density at radius 3 is 2.07 bits per heavy atom. The molecule has 0 saturated heterocycles. The van der Waals surface area contributed by atoms with Crippen LogP contribution < -0.4 is 10.0 Å². The number of nitrogens with zero attached hydrogens (tertiary/aromatic N) is 1. The Morgan fingerprint density at radius 2 is 1.52 bits per heavy atom. The molecule has 0 fully saturated rings. The molecule has 148 valence electrons. The minimum Gasteiger partial charge on any atom is -0.312 e. The number of fused-ring (bicyclic) bond motifs is 1. The van der Waals surface area contributed by atoms with Gasteiger partial charge in [-0.3, -0.25) is 4.79 Å². The molecule has 0 atom stereocenters. The van der Waals surface area contributed by atoms with Gasteiger partial charge in [0.05, 0.1) is 4.90 Å². The lowest BCUT2D eigenvalue weighted by atomic mass is 9.88. The van der Waals surface area contributed by atoms with E-state index in [1.807, 2.05) is 60.7 Å². The number of hydrogen-bond donors (Lipinski definition) is 1. The van der Waals surface area contributed by atoms with E-state index in [1.54, 1.807) is 11.0 Å². The summed E-state index contributed by atoms with van der Waals surface area (Å²) in [4.78, 5) is 15.0. The quantitative estimate of drug-likeness (QED) is 0.705. The number of carbonyl (C=O) groups excluding carboxylic acids is 1. The van der Waals surface area contributed by atoms with Crippen molar-refractivity contribution >= 4 is 21.6 Å². The van der Waals surface area contributed by atoms with Gasteiger partial charge in [-0.25, -0.2) is 13.6 Å². The minimum absolute atomic E-state index is 0.0265. The van der Waals surface area contributed by atoms with Crippen LogP contribution in [-0.2, 0) is 21.2 Å². The predicted octanol–water partition coefficient (Wildman–Crippen LogP) is 3.45. The highest BCUT2D eigenvalue weighted by molar-refractivity contribution is 7.89. The summed E-state index contributed by atoms with van der Waals surface area (Å²) in [5.41, 5.74) is 3.75. The van der Waals surface area contributed by atoms with Crippen LogP contribution in [-0.4, -0.2) is 20.9 Å². The lowest BCUT2D eigenvalue weighted by molar-refractivity contribution is -0.118. The van der Waals surface area contributed by atoms with E-state index in [1.165, 1.54) is 12.1 Å². The van der Waals surface area contributed by atoms with Gasteiger partial charge in [0.15, 0.2) is 0 Å². The van der Waals surface area contributed by atoms with Crippen molar-refractivity contribution in [2.24, 2.45) is 5.14 Å². The predicted molar refractivity (Wildman–Crippen MR) is 113 cm³/mol. The summed E-state index contributed by atoms with van der Waals surface area (Å²) in [5, 5.41) is 5.27. The Kier molecular flexibility index (Phi) is 5.22. The van der Waals surface area contributed by atoms with E-state index >= 15 is 0 Å². The fourth-order valence-electron chi connectivity index (χ4n) is 3.88. The average Bonchev–Trinajstić information content (AvgIpc) is 3.16. The number of primary sulfonamides is 1. The maximum atomic E-state index is 13.3. The van der Waals surface area contributed by atoms with Crippen LogP contribution in [0.2, 0.25) is 0 Å². The van der Waals surface area contributed by atoms with Crippen molar-refractivity contribution < 1.29 is 13.2 Å². The normalized spacial score (nSPS) is 13.5. The summed E-state index contributed by atoms with van der Waals surface area (Å²) in [6.07, 6.45) is 1.00. The molecule has 0 spiro atoms. The van der Waals surface area contributed by atoms with Gasteiger partial charge in [0.2, 0.25) is 15.9 Å².